The minimum atomic E-state index is 0.0902. The van der Waals surface area contributed by atoms with Crippen molar-refractivity contribution in [3.8, 4) is 0 Å². The highest BCUT2D eigenvalue weighted by atomic mass is 16.5. The summed E-state index contributed by atoms with van der Waals surface area (Å²) in [6, 6.07) is 6.17. The molecule has 2 saturated heterocycles. The van der Waals surface area contributed by atoms with Gasteiger partial charge in [0.05, 0.1) is 12.0 Å². The lowest BCUT2D eigenvalue weighted by Crippen LogP contribution is -2.44. The molecule has 0 bridgehead atoms. The van der Waals surface area contributed by atoms with E-state index in [1.807, 2.05) is 30.9 Å². The maximum Gasteiger partial charge on any atom is 0.253 e. The Morgan fingerprint density at radius 1 is 1.21 bits per heavy atom. The molecule has 0 spiro atoms. The van der Waals surface area contributed by atoms with E-state index in [0.717, 1.165) is 61.5 Å². The van der Waals surface area contributed by atoms with Crippen LogP contribution in [0.1, 0.15) is 58.0 Å². The Kier molecular flexibility index (Phi) is 5.46. The average Bonchev–Trinajstić information content (AvgIpc) is 3.17. The van der Waals surface area contributed by atoms with Gasteiger partial charge in [-0.1, -0.05) is 22.3 Å². The summed E-state index contributed by atoms with van der Waals surface area (Å²) in [6.07, 6.45) is 1.92. The zero-order valence-electron chi connectivity index (χ0n) is 16.9. The SMILES string of the molecule is Cc1cc(C)cc(C(=O)N2CCCC(c3nc(C4CNCCN4C)no3)C2)c1. The molecule has 0 radical (unpaired) electrons. The van der Waals surface area contributed by atoms with Crippen molar-refractivity contribution in [2.45, 2.75) is 38.6 Å². The van der Waals surface area contributed by atoms with Gasteiger partial charge in [0.15, 0.2) is 5.82 Å². The maximum absolute atomic E-state index is 13.0. The molecular formula is C21H29N5O2. The summed E-state index contributed by atoms with van der Waals surface area (Å²) in [6.45, 7) is 8.24. The summed E-state index contributed by atoms with van der Waals surface area (Å²) in [7, 11) is 2.09. The molecule has 2 aliphatic rings. The summed E-state index contributed by atoms with van der Waals surface area (Å²) in [5, 5.41) is 7.63. The second-order valence-corrected chi connectivity index (χ2v) is 8.16. The Morgan fingerprint density at radius 2 is 2.00 bits per heavy atom. The van der Waals surface area contributed by atoms with E-state index in [2.05, 4.69) is 28.5 Å². The molecule has 0 saturated carbocycles. The van der Waals surface area contributed by atoms with E-state index in [1.165, 1.54) is 0 Å². The molecule has 2 atom stereocenters. The normalized spacial score (nSPS) is 23.8. The number of piperidine rings is 1. The molecule has 1 aromatic carbocycles. The molecule has 28 heavy (non-hydrogen) atoms. The van der Waals surface area contributed by atoms with Crippen molar-refractivity contribution in [3.63, 3.8) is 0 Å². The van der Waals surface area contributed by atoms with E-state index >= 15 is 0 Å². The molecule has 7 nitrogen and oxygen atoms in total. The van der Waals surface area contributed by atoms with Gasteiger partial charge < -0.3 is 14.7 Å². The van der Waals surface area contributed by atoms with Gasteiger partial charge >= 0.3 is 0 Å². The molecule has 150 valence electrons. The highest BCUT2D eigenvalue weighted by Crippen LogP contribution is 2.28. The Balaban J connectivity index is 1.47. The third-order valence-corrected chi connectivity index (χ3v) is 5.79. The Hall–Kier alpha value is -2.25. The first-order valence-corrected chi connectivity index (χ1v) is 10.1. The monoisotopic (exact) mass is 383 g/mol. The molecule has 4 rings (SSSR count). The van der Waals surface area contributed by atoms with Gasteiger partial charge in [0.1, 0.15) is 0 Å². The number of rotatable bonds is 3. The van der Waals surface area contributed by atoms with Crippen LogP contribution in [0.15, 0.2) is 22.7 Å². The van der Waals surface area contributed by atoms with Gasteiger partial charge in [-0.25, -0.2) is 0 Å². The quantitative estimate of drug-likeness (QED) is 0.877. The molecule has 2 aliphatic heterocycles. The van der Waals surface area contributed by atoms with E-state index in [1.54, 1.807) is 0 Å². The molecule has 2 fully saturated rings. The number of nitrogens with one attached hydrogen (secondary N) is 1. The summed E-state index contributed by atoms with van der Waals surface area (Å²) < 4.78 is 5.62. The van der Waals surface area contributed by atoms with Crippen LogP contribution in [0.3, 0.4) is 0 Å². The van der Waals surface area contributed by atoms with Crippen molar-refractivity contribution >= 4 is 5.91 Å². The minimum Gasteiger partial charge on any atom is -0.339 e. The number of hydrogen-bond acceptors (Lipinski definition) is 6. The fourth-order valence-electron chi connectivity index (χ4n) is 4.29. The number of carbonyl (C=O) groups excluding carboxylic acids is 1. The fraction of sp³-hybridized carbons (Fsp3) is 0.571. The number of carbonyl (C=O) groups is 1. The van der Waals surface area contributed by atoms with Gasteiger partial charge in [0.2, 0.25) is 5.89 Å². The first-order valence-electron chi connectivity index (χ1n) is 10.1. The lowest BCUT2D eigenvalue weighted by Gasteiger charge is -2.31. The highest BCUT2D eigenvalue weighted by molar-refractivity contribution is 5.94. The highest BCUT2D eigenvalue weighted by Gasteiger charge is 2.31. The average molecular weight is 383 g/mol. The number of piperazine rings is 1. The van der Waals surface area contributed by atoms with Gasteiger partial charge in [0, 0.05) is 38.3 Å². The van der Waals surface area contributed by atoms with Gasteiger partial charge in [-0.15, -0.1) is 0 Å². The van der Waals surface area contributed by atoms with E-state index in [9.17, 15) is 4.79 Å². The Morgan fingerprint density at radius 3 is 2.75 bits per heavy atom. The summed E-state index contributed by atoms with van der Waals surface area (Å²) in [5.74, 6) is 1.59. The topological polar surface area (TPSA) is 74.5 Å². The zero-order valence-corrected chi connectivity index (χ0v) is 16.9. The largest absolute Gasteiger partial charge is 0.339 e. The van der Waals surface area contributed by atoms with Crippen LogP contribution < -0.4 is 5.32 Å². The number of aryl methyl sites for hydroxylation is 2. The van der Waals surface area contributed by atoms with Crippen molar-refractivity contribution < 1.29 is 9.32 Å². The summed E-state index contributed by atoms with van der Waals surface area (Å²) in [4.78, 5) is 21.9. The van der Waals surface area contributed by atoms with Gasteiger partial charge in [-0.2, -0.15) is 4.98 Å². The predicted molar refractivity (Wildman–Crippen MR) is 106 cm³/mol. The summed E-state index contributed by atoms with van der Waals surface area (Å²) >= 11 is 0. The van der Waals surface area contributed by atoms with E-state index < -0.39 is 0 Å². The lowest BCUT2D eigenvalue weighted by atomic mass is 9.96. The van der Waals surface area contributed by atoms with Crippen molar-refractivity contribution in [1.29, 1.82) is 0 Å². The lowest BCUT2D eigenvalue weighted by molar-refractivity contribution is 0.0695. The van der Waals surface area contributed by atoms with E-state index in [4.69, 9.17) is 9.51 Å². The number of likely N-dealkylation sites (tertiary alicyclic amines) is 1. The second kappa shape index (κ2) is 8.01. The number of amides is 1. The van der Waals surface area contributed by atoms with Crippen LogP contribution in [-0.2, 0) is 0 Å². The number of likely N-dealkylation sites (N-methyl/N-ethyl adjacent to an activating group) is 1. The standard InChI is InChI=1S/C21H29N5O2/c1-14-9-15(2)11-17(10-14)21(27)26-7-4-5-16(13-26)20-23-19(24-28-20)18-12-22-6-8-25(18)3/h9-11,16,18,22H,4-8,12-13H2,1-3H3. The van der Waals surface area contributed by atoms with Crippen LogP contribution in [0.5, 0.6) is 0 Å². The number of aromatic nitrogens is 2. The predicted octanol–water partition coefficient (Wildman–Crippen LogP) is 2.28. The molecule has 1 amide bonds. The van der Waals surface area contributed by atoms with Crippen LogP contribution in [0.2, 0.25) is 0 Å². The molecule has 0 aliphatic carbocycles. The van der Waals surface area contributed by atoms with Crippen molar-refractivity contribution in [1.82, 2.24) is 25.3 Å². The number of nitrogens with zero attached hydrogens (tertiary/aromatic N) is 4. The van der Waals surface area contributed by atoms with Crippen molar-refractivity contribution in [2.24, 2.45) is 0 Å². The third kappa shape index (κ3) is 3.95. The van der Waals surface area contributed by atoms with Crippen LogP contribution in [0, 0.1) is 13.8 Å². The van der Waals surface area contributed by atoms with E-state index in [0.29, 0.717) is 12.4 Å². The number of hydrogen-bond donors (Lipinski definition) is 1. The maximum atomic E-state index is 13.0. The van der Waals surface area contributed by atoms with Crippen LogP contribution in [0.25, 0.3) is 0 Å². The smallest absolute Gasteiger partial charge is 0.253 e. The first kappa shape index (κ1) is 19.1. The van der Waals surface area contributed by atoms with Gasteiger partial charge in [0.25, 0.3) is 5.91 Å². The molecule has 2 unspecified atom stereocenters. The molecular weight excluding hydrogens is 354 g/mol. The molecule has 3 heterocycles. The minimum absolute atomic E-state index is 0.0902. The second-order valence-electron chi connectivity index (χ2n) is 8.16. The van der Waals surface area contributed by atoms with Gasteiger partial charge in [-0.3, -0.25) is 9.69 Å². The Bertz CT molecular complexity index is 829. The molecule has 2 aromatic rings. The number of benzene rings is 1. The molecule has 7 heteroatoms. The molecule has 1 aromatic heterocycles. The zero-order chi connectivity index (χ0) is 19.7. The summed E-state index contributed by atoms with van der Waals surface area (Å²) in [5.41, 5.74) is 2.99. The first-order chi connectivity index (χ1) is 13.5. The van der Waals surface area contributed by atoms with Crippen molar-refractivity contribution in [2.75, 3.05) is 39.8 Å². The van der Waals surface area contributed by atoms with Crippen LogP contribution in [-0.4, -0.2) is 65.6 Å². The fourth-order valence-corrected chi connectivity index (χ4v) is 4.29. The van der Waals surface area contributed by atoms with Crippen LogP contribution >= 0.6 is 0 Å². The Labute approximate surface area is 166 Å². The van der Waals surface area contributed by atoms with Gasteiger partial charge in [-0.05, 0) is 45.9 Å². The third-order valence-electron chi connectivity index (χ3n) is 5.79. The molecule has 1 N–H and O–H groups in total. The van der Waals surface area contributed by atoms with E-state index in [-0.39, 0.29) is 17.9 Å². The van der Waals surface area contributed by atoms with Crippen molar-refractivity contribution in [3.05, 3.63) is 46.6 Å². The van der Waals surface area contributed by atoms with Crippen LogP contribution in [0.4, 0.5) is 0 Å².